The fourth-order valence-corrected chi connectivity index (χ4v) is 10.0. The molecule has 37 heavy (non-hydrogen) atoms. The minimum atomic E-state index is -0.795. The topological polar surface area (TPSA) is 92.0 Å². The van der Waals surface area contributed by atoms with Crippen LogP contribution in [0.25, 0.3) is 0 Å². The molecule has 0 bridgehead atoms. The minimum Gasteiger partial charge on any atom is -0.472 e. The Kier molecular flexibility index (Phi) is 6.12. The van der Waals surface area contributed by atoms with Gasteiger partial charge in [-0.15, -0.1) is 0 Å². The van der Waals surface area contributed by atoms with Gasteiger partial charge < -0.3 is 18.6 Å². The second kappa shape index (κ2) is 8.60. The smallest absolute Gasteiger partial charge is 0.310 e. The summed E-state index contributed by atoms with van der Waals surface area (Å²) in [5.41, 5.74) is -0.425. The molecule has 0 radical (unpaired) electrons. The number of rotatable bonds is 3. The van der Waals surface area contributed by atoms with Gasteiger partial charge in [0.05, 0.1) is 18.9 Å². The zero-order valence-corrected chi connectivity index (χ0v) is 23.3. The first-order valence-electron chi connectivity index (χ1n) is 13.8. The van der Waals surface area contributed by atoms with Crippen LogP contribution in [-0.4, -0.2) is 35.7 Å². The van der Waals surface area contributed by atoms with Crippen LogP contribution in [0.3, 0.4) is 0 Å². The van der Waals surface area contributed by atoms with Crippen LogP contribution >= 0.6 is 0 Å². The highest BCUT2D eigenvalue weighted by atomic mass is 16.6. The summed E-state index contributed by atoms with van der Waals surface area (Å²) >= 11 is 0. The van der Waals surface area contributed by atoms with E-state index in [1.807, 2.05) is 20.1 Å². The Hall–Kier alpha value is -2.31. The Morgan fingerprint density at radius 2 is 1.54 bits per heavy atom. The normalized spacial score (nSPS) is 44.5. The van der Waals surface area contributed by atoms with Gasteiger partial charge in [0.2, 0.25) is 0 Å². The summed E-state index contributed by atoms with van der Waals surface area (Å²) in [6.07, 6.45) is 7.28. The number of fused-ring (bicyclic) bond motifs is 5. The van der Waals surface area contributed by atoms with E-state index in [2.05, 4.69) is 26.8 Å². The Labute approximate surface area is 220 Å². The van der Waals surface area contributed by atoms with Gasteiger partial charge in [0.1, 0.15) is 17.8 Å². The van der Waals surface area contributed by atoms with Crippen molar-refractivity contribution in [2.75, 3.05) is 0 Å². The molecule has 2 heterocycles. The number of hydrogen-bond donors (Lipinski definition) is 0. The first-order valence-corrected chi connectivity index (χ1v) is 13.8. The number of carbonyl (C=O) groups is 3. The van der Waals surface area contributed by atoms with Crippen molar-refractivity contribution in [3.05, 3.63) is 24.2 Å². The fourth-order valence-electron chi connectivity index (χ4n) is 10.0. The molecule has 3 aliphatic carbocycles. The largest absolute Gasteiger partial charge is 0.472 e. The average Bonchev–Trinajstić information content (AvgIpc) is 3.40. The van der Waals surface area contributed by atoms with E-state index in [0.29, 0.717) is 18.3 Å². The van der Waals surface area contributed by atoms with Crippen molar-refractivity contribution in [3.8, 4) is 0 Å². The van der Waals surface area contributed by atoms with E-state index in [1.54, 1.807) is 6.26 Å². The van der Waals surface area contributed by atoms with E-state index in [-0.39, 0.29) is 53.1 Å². The molecule has 7 nitrogen and oxygen atoms in total. The second-order valence-electron chi connectivity index (χ2n) is 13.3. The molecule has 0 spiro atoms. The molecule has 9 atom stereocenters. The Balaban J connectivity index is 1.66. The standard InChI is InChI=1S/C30H42O7/c1-17(31)35-24-14-23-27(3,4)37-26(33)15-25(36-18(2)32)30(23,7)22-10-12-28(5)20(19-11-13-34-16-19)8-9-21(28)29(22,24)6/h11,13,16,20-25H,8-10,12,14-15H2,1-7H3/t20-,21+,22-,23-,24+,25-,28-,29-,30+/m0/s1. The molecule has 4 aliphatic rings. The van der Waals surface area contributed by atoms with E-state index < -0.39 is 17.1 Å². The molecule has 1 aromatic heterocycles. The molecular formula is C30H42O7. The van der Waals surface area contributed by atoms with Gasteiger partial charge in [-0.25, -0.2) is 0 Å². The first kappa shape index (κ1) is 26.3. The second-order valence-corrected chi connectivity index (χ2v) is 13.3. The molecule has 1 saturated heterocycles. The molecule has 0 amide bonds. The van der Waals surface area contributed by atoms with Crippen LogP contribution in [0, 0.1) is 34.0 Å². The lowest BCUT2D eigenvalue weighted by Gasteiger charge is -2.67. The molecule has 4 fully saturated rings. The fraction of sp³-hybridized carbons (Fsp3) is 0.767. The minimum absolute atomic E-state index is 0.0141. The molecule has 3 saturated carbocycles. The van der Waals surface area contributed by atoms with Crippen molar-refractivity contribution in [2.24, 2.45) is 34.0 Å². The predicted molar refractivity (Wildman–Crippen MR) is 135 cm³/mol. The number of furan rings is 1. The van der Waals surface area contributed by atoms with Crippen LogP contribution < -0.4 is 0 Å². The highest BCUT2D eigenvalue weighted by Gasteiger charge is 2.72. The summed E-state index contributed by atoms with van der Waals surface area (Å²) in [4.78, 5) is 37.8. The lowest BCUT2D eigenvalue weighted by Crippen LogP contribution is -2.68. The van der Waals surface area contributed by atoms with Gasteiger partial charge in [-0.05, 0) is 80.8 Å². The van der Waals surface area contributed by atoms with Crippen molar-refractivity contribution >= 4 is 17.9 Å². The highest BCUT2D eigenvalue weighted by molar-refractivity contribution is 5.73. The van der Waals surface area contributed by atoms with Gasteiger partial charge in [0.15, 0.2) is 0 Å². The van der Waals surface area contributed by atoms with Gasteiger partial charge in [-0.3, -0.25) is 14.4 Å². The summed E-state index contributed by atoms with van der Waals surface area (Å²) < 4.78 is 23.7. The van der Waals surface area contributed by atoms with Crippen molar-refractivity contribution in [2.45, 2.75) is 111 Å². The molecular weight excluding hydrogens is 472 g/mol. The van der Waals surface area contributed by atoms with Crippen LogP contribution in [0.2, 0.25) is 0 Å². The van der Waals surface area contributed by atoms with E-state index in [9.17, 15) is 14.4 Å². The molecule has 7 heteroatoms. The van der Waals surface area contributed by atoms with Crippen molar-refractivity contribution in [1.29, 1.82) is 0 Å². The van der Waals surface area contributed by atoms with E-state index in [4.69, 9.17) is 18.6 Å². The summed E-state index contributed by atoms with van der Waals surface area (Å²) in [5.74, 6) is -0.428. The zero-order valence-electron chi connectivity index (χ0n) is 23.3. The Morgan fingerprint density at radius 1 is 0.892 bits per heavy atom. The van der Waals surface area contributed by atoms with Crippen LogP contribution in [0.1, 0.15) is 98.5 Å². The number of cyclic esters (lactones) is 1. The third kappa shape index (κ3) is 3.77. The van der Waals surface area contributed by atoms with Gasteiger partial charge in [-0.2, -0.15) is 0 Å². The number of carbonyl (C=O) groups excluding carboxylic acids is 3. The van der Waals surface area contributed by atoms with E-state index >= 15 is 0 Å². The predicted octanol–water partition coefficient (Wildman–Crippen LogP) is 5.81. The zero-order chi connectivity index (χ0) is 27.0. The van der Waals surface area contributed by atoms with E-state index in [0.717, 1.165) is 25.7 Å². The number of esters is 3. The van der Waals surface area contributed by atoms with Gasteiger partial charge in [0.25, 0.3) is 0 Å². The molecule has 5 rings (SSSR count). The maximum Gasteiger partial charge on any atom is 0.310 e. The van der Waals surface area contributed by atoms with Gasteiger partial charge in [0, 0.05) is 30.6 Å². The van der Waals surface area contributed by atoms with Gasteiger partial charge >= 0.3 is 17.9 Å². The Bertz CT molecular complexity index is 1080. The summed E-state index contributed by atoms with van der Waals surface area (Å²) in [6.45, 7) is 13.7. The number of ether oxygens (including phenoxy) is 3. The van der Waals surface area contributed by atoms with Crippen molar-refractivity contribution in [1.82, 2.24) is 0 Å². The molecule has 0 unspecified atom stereocenters. The molecule has 0 N–H and O–H groups in total. The lowest BCUT2D eigenvalue weighted by molar-refractivity contribution is -0.257. The molecule has 0 aromatic carbocycles. The van der Waals surface area contributed by atoms with Crippen LogP contribution in [0.5, 0.6) is 0 Å². The lowest BCUT2D eigenvalue weighted by atomic mass is 9.38. The van der Waals surface area contributed by atoms with Crippen LogP contribution in [0.4, 0.5) is 0 Å². The number of hydrogen-bond acceptors (Lipinski definition) is 7. The summed E-state index contributed by atoms with van der Waals surface area (Å²) in [5, 5.41) is 0. The van der Waals surface area contributed by atoms with E-state index in [1.165, 1.54) is 19.4 Å². The van der Waals surface area contributed by atoms with Crippen molar-refractivity contribution in [3.63, 3.8) is 0 Å². The van der Waals surface area contributed by atoms with Crippen LogP contribution in [-0.2, 0) is 28.6 Å². The average molecular weight is 515 g/mol. The third-order valence-electron chi connectivity index (χ3n) is 11.3. The van der Waals surface area contributed by atoms with Crippen molar-refractivity contribution < 1.29 is 33.0 Å². The SMILES string of the molecule is CC(=O)O[C@H]1CC(=O)OC(C)(C)[C@@H]2C[C@@H](OC(C)=O)[C@]3(C)[C@H](CC[C@]4(C)[C@H]3CC[C@H]4c3ccoc3)[C@@]12C. The Morgan fingerprint density at radius 3 is 2.16 bits per heavy atom. The quantitative estimate of drug-likeness (QED) is 0.371. The molecule has 204 valence electrons. The molecule has 1 aromatic rings. The maximum atomic E-state index is 13.0. The third-order valence-corrected chi connectivity index (χ3v) is 11.3. The van der Waals surface area contributed by atoms with Gasteiger partial charge in [-0.1, -0.05) is 20.8 Å². The van der Waals surface area contributed by atoms with Crippen LogP contribution in [0.15, 0.2) is 23.0 Å². The highest BCUT2D eigenvalue weighted by Crippen LogP contribution is 2.74. The summed E-state index contributed by atoms with van der Waals surface area (Å²) in [7, 11) is 0. The maximum absolute atomic E-state index is 13.0. The summed E-state index contributed by atoms with van der Waals surface area (Å²) in [6, 6.07) is 2.09. The first-order chi connectivity index (χ1) is 17.2. The molecule has 1 aliphatic heterocycles. The monoisotopic (exact) mass is 514 g/mol.